The van der Waals surface area contributed by atoms with Crippen LogP contribution in [0, 0.1) is 0 Å². The third-order valence-corrected chi connectivity index (χ3v) is 3.91. The van der Waals surface area contributed by atoms with Crippen molar-refractivity contribution in [2.24, 2.45) is 0 Å². The van der Waals surface area contributed by atoms with Gasteiger partial charge in [-0.05, 0) is 65.3 Å². The molecule has 0 bridgehead atoms. The van der Waals surface area contributed by atoms with E-state index in [0.29, 0.717) is 6.61 Å². The number of hydrogen-bond donors (Lipinski definition) is 1. The van der Waals surface area contributed by atoms with Crippen LogP contribution in [0.3, 0.4) is 0 Å². The van der Waals surface area contributed by atoms with Crippen LogP contribution in [0.5, 0.6) is 5.75 Å². The number of nitrogens with one attached hydrogen (secondary N) is 1. The summed E-state index contributed by atoms with van der Waals surface area (Å²) in [5.41, 5.74) is 2.29. The van der Waals surface area contributed by atoms with Crippen LogP contribution in [0.4, 0.5) is 0 Å². The van der Waals surface area contributed by atoms with E-state index in [4.69, 9.17) is 16.3 Å². The van der Waals surface area contributed by atoms with Crippen LogP contribution in [0.15, 0.2) is 46.9 Å². The predicted molar refractivity (Wildman–Crippen MR) is 87.7 cm³/mol. The second kappa shape index (κ2) is 7.11. The van der Waals surface area contributed by atoms with Crippen LogP contribution in [-0.2, 0) is 0 Å². The lowest BCUT2D eigenvalue weighted by molar-refractivity contribution is 0.338. The van der Waals surface area contributed by atoms with Crippen LogP contribution >= 0.6 is 27.5 Å². The molecule has 0 amide bonds. The summed E-state index contributed by atoms with van der Waals surface area (Å²) in [7, 11) is 1.94. The molecule has 1 unspecified atom stereocenters. The number of benzene rings is 2. The van der Waals surface area contributed by atoms with E-state index >= 15 is 0 Å². The molecule has 0 fully saturated rings. The van der Waals surface area contributed by atoms with E-state index in [1.807, 2.05) is 38.2 Å². The molecule has 20 heavy (non-hydrogen) atoms. The van der Waals surface area contributed by atoms with Gasteiger partial charge in [-0.2, -0.15) is 0 Å². The fraction of sp³-hybridized carbons (Fsp3) is 0.250. The monoisotopic (exact) mass is 353 g/mol. The maximum Gasteiger partial charge on any atom is 0.133 e. The Morgan fingerprint density at radius 3 is 2.55 bits per heavy atom. The fourth-order valence-corrected chi connectivity index (χ4v) is 2.89. The standard InChI is InChI=1S/C16H17BrClNO/c1-3-20-15-8-7-12(10-14(15)17)16(19-2)11-5-4-6-13(18)9-11/h4-10,16,19H,3H2,1-2H3. The van der Waals surface area contributed by atoms with Crippen LogP contribution in [0.1, 0.15) is 24.1 Å². The Labute approximate surface area is 133 Å². The summed E-state index contributed by atoms with van der Waals surface area (Å²) in [5, 5.41) is 4.06. The number of halogens is 2. The minimum atomic E-state index is 0.0978. The predicted octanol–water partition coefficient (Wildman–Crippen LogP) is 4.81. The molecule has 2 aromatic carbocycles. The van der Waals surface area contributed by atoms with Gasteiger partial charge < -0.3 is 10.1 Å². The van der Waals surface area contributed by atoms with E-state index in [1.165, 1.54) is 0 Å². The highest BCUT2D eigenvalue weighted by molar-refractivity contribution is 9.10. The molecule has 1 atom stereocenters. The highest BCUT2D eigenvalue weighted by Crippen LogP contribution is 2.31. The van der Waals surface area contributed by atoms with Gasteiger partial charge in [-0.15, -0.1) is 0 Å². The molecule has 0 spiro atoms. The van der Waals surface area contributed by atoms with E-state index in [1.54, 1.807) is 0 Å². The Kier molecular flexibility index (Phi) is 5.46. The van der Waals surface area contributed by atoms with Gasteiger partial charge in [-0.1, -0.05) is 29.8 Å². The topological polar surface area (TPSA) is 21.3 Å². The molecule has 2 aromatic rings. The molecule has 0 aromatic heterocycles. The molecule has 2 nitrogen and oxygen atoms in total. The smallest absolute Gasteiger partial charge is 0.133 e. The van der Waals surface area contributed by atoms with E-state index in [2.05, 4.69) is 39.4 Å². The molecule has 0 radical (unpaired) electrons. The van der Waals surface area contributed by atoms with Gasteiger partial charge >= 0.3 is 0 Å². The van der Waals surface area contributed by atoms with Crippen LogP contribution < -0.4 is 10.1 Å². The zero-order chi connectivity index (χ0) is 14.5. The molecular weight excluding hydrogens is 338 g/mol. The zero-order valence-corrected chi connectivity index (χ0v) is 13.8. The molecule has 1 N–H and O–H groups in total. The Hall–Kier alpha value is -1.03. The highest BCUT2D eigenvalue weighted by atomic mass is 79.9. The van der Waals surface area contributed by atoms with Gasteiger partial charge in [0.25, 0.3) is 0 Å². The van der Waals surface area contributed by atoms with E-state index in [9.17, 15) is 0 Å². The maximum atomic E-state index is 6.07. The van der Waals surface area contributed by atoms with E-state index in [-0.39, 0.29) is 6.04 Å². The van der Waals surface area contributed by atoms with Crippen molar-refractivity contribution in [3.8, 4) is 5.75 Å². The molecule has 2 rings (SSSR count). The third-order valence-electron chi connectivity index (χ3n) is 3.06. The van der Waals surface area contributed by atoms with Gasteiger partial charge in [0.1, 0.15) is 5.75 Å². The molecule has 0 aliphatic rings. The molecular formula is C16H17BrClNO. The molecule has 0 heterocycles. The SMILES string of the molecule is CCOc1ccc(C(NC)c2cccc(Cl)c2)cc1Br. The van der Waals surface area contributed by atoms with Gasteiger partial charge in [-0.3, -0.25) is 0 Å². The lowest BCUT2D eigenvalue weighted by Crippen LogP contribution is -2.17. The van der Waals surface area contributed by atoms with Gasteiger partial charge in [-0.25, -0.2) is 0 Å². The molecule has 4 heteroatoms. The number of ether oxygens (including phenoxy) is 1. The van der Waals surface area contributed by atoms with Gasteiger partial charge in [0, 0.05) is 5.02 Å². The Balaban J connectivity index is 2.35. The summed E-state index contributed by atoms with van der Waals surface area (Å²) < 4.78 is 6.50. The minimum absolute atomic E-state index is 0.0978. The van der Waals surface area contributed by atoms with Crippen molar-refractivity contribution in [3.05, 3.63) is 63.1 Å². The summed E-state index contributed by atoms with van der Waals surface area (Å²) in [6, 6.07) is 14.1. The van der Waals surface area contributed by atoms with Crippen molar-refractivity contribution < 1.29 is 4.74 Å². The molecule has 0 saturated carbocycles. The lowest BCUT2D eigenvalue weighted by Gasteiger charge is -2.18. The average molecular weight is 355 g/mol. The molecule has 106 valence electrons. The van der Waals surface area contributed by atoms with Crippen LogP contribution in [0.25, 0.3) is 0 Å². The van der Waals surface area contributed by atoms with E-state index < -0.39 is 0 Å². The second-order valence-corrected chi connectivity index (χ2v) is 5.69. The largest absolute Gasteiger partial charge is 0.493 e. The lowest BCUT2D eigenvalue weighted by atomic mass is 9.99. The molecule has 0 aliphatic carbocycles. The highest BCUT2D eigenvalue weighted by Gasteiger charge is 2.14. The zero-order valence-electron chi connectivity index (χ0n) is 11.5. The van der Waals surface area contributed by atoms with Gasteiger partial charge in [0.2, 0.25) is 0 Å². The first kappa shape index (κ1) is 15.4. The first-order chi connectivity index (χ1) is 9.65. The van der Waals surface area contributed by atoms with Crippen molar-refractivity contribution in [2.45, 2.75) is 13.0 Å². The van der Waals surface area contributed by atoms with Crippen molar-refractivity contribution in [3.63, 3.8) is 0 Å². The van der Waals surface area contributed by atoms with Gasteiger partial charge in [0.05, 0.1) is 17.1 Å². The summed E-state index contributed by atoms with van der Waals surface area (Å²) in [4.78, 5) is 0. The summed E-state index contributed by atoms with van der Waals surface area (Å²) in [5.74, 6) is 0.859. The number of hydrogen-bond acceptors (Lipinski definition) is 2. The quantitative estimate of drug-likeness (QED) is 0.832. The fourth-order valence-electron chi connectivity index (χ4n) is 2.18. The van der Waals surface area contributed by atoms with Crippen LogP contribution in [-0.4, -0.2) is 13.7 Å². The summed E-state index contributed by atoms with van der Waals surface area (Å²) >= 11 is 9.63. The van der Waals surface area contributed by atoms with E-state index in [0.717, 1.165) is 26.4 Å². The van der Waals surface area contributed by atoms with Crippen molar-refractivity contribution in [2.75, 3.05) is 13.7 Å². The first-order valence-electron chi connectivity index (χ1n) is 6.50. The van der Waals surface area contributed by atoms with Crippen LogP contribution in [0.2, 0.25) is 5.02 Å². The Bertz CT molecular complexity index is 588. The maximum absolute atomic E-state index is 6.07. The second-order valence-electron chi connectivity index (χ2n) is 4.40. The molecule has 0 saturated heterocycles. The number of rotatable bonds is 5. The summed E-state index contributed by atoms with van der Waals surface area (Å²) in [6.45, 7) is 2.63. The average Bonchev–Trinajstić information content (AvgIpc) is 2.43. The van der Waals surface area contributed by atoms with Crippen molar-refractivity contribution in [1.29, 1.82) is 0 Å². The summed E-state index contributed by atoms with van der Waals surface area (Å²) in [6.07, 6.45) is 0. The minimum Gasteiger partial charge on any atom is -0.493 e. The third kappa shape index (κ3) is 3.54. The van der Waals surface area contributed by atoms with Crippen molar-refractivity contribution >= 4 is 27.5 Å². The Morgan fingerprint density at radius 1 is 1.20 bits per heavy atom. The van der Waals surface area contributed by atoms with Crippen molar-refractivity contribution in [1.82, 2.24) is 5.32 Å². The Morgan fingerprint density at radius 2 is 1.95 bits per heavy atom. The molecule has 0 aliphatic heterocycles. The first-order valence-corrected chi connectivity index (χ1v) is 7.67. The normalized spacial score (nSPS) is 12.2. The van der Waals surface area contributed by atoms with Gasteiger partial charge in [0.15, 0.2) is 0 Å².